The summed E-state index contributed by atoms with van der Waals surface area (Å²) in [5.74, 6) is 5.46. The van der Waals surface area contributed by atoms with Gasteiger partial charge in [0.25, 0.3) is 5.56 Å². The second kappa shape index (κ2) is 4.99. The van der Waals surface area contributed by atoms with E-state index in [9.17, 15) is 9.59 Å². The predicted molar refractivity (Wildman–Crippen MR) is 73.4 cm³/mol. The van der Waals surface area contributed by atoms with Gasteiger partial charge < -0.3 is 5.84 Å². The van der Waals surface area contributed by atoms with E-state index in [-0.39, 0.29) is 11.0 Å². The molecule has 1 heterocycles. The van der Waals surface area contributed by atoms with Crippen LogP contribution in [0, 0.1) is 0 Å². The summed E-state index contributed by atoms with van der Waals surface area (Å²) in [4.78, 5) is 23.6. The molecule has 0 saturated heterocycles. The van der Waals surface area contributed by atoms with Gasteiger partial charge in [-0.2, -0.15) is 0 Å². The fourth-order valence-electron chi connectivity index (χ4n) is 1.50. The average molecular weight is 331 g/mol. The number of aromatic nitrogens is 2. The van der Waals surface area contributed by atoms with Crippen LogP contribution in [0.4, 0.5) is 0 Å². The fraction of sp³-hybridized carbons (Fsp3) is 0.0909. The standard InChI is InChI=1S/C11H9BrClN3O2/c12-9-6-16(14)11(18)15(10(9)17)5-7-1-3-8(13)4-2-7/h1-4,6H,5,14H2. The zero-order valence-electron chi connectivity index (χ0n) is 9.14. The number of halogens is 2. The molecule has 0 unspecified atom stereocenters. The van der Waals surface area contributed by atoms with Crippen LogP contribution in [0.3, 0.4) is 0 Å². The molecule has 18 heavy (non-hydrogen) atoms. The third-order valence-corrected chi connectivity index (χ3v) is 3.20. The SMILES string of the molecule is Nn1cc(Br)c(=O)n(Cc2ccc(Cl)cc2)c1=O. The zero-order chi connectivity index (χ0) is 13.3. The second-order valence-electron chi connectivity index (χ2n) is 3.68. The summed E-state index contributed by atoms with van der Waals surface area (Å²) < 4.78 is 2.15. The summed E-state index contributed by atoms with van der Waals surface area (Å²) in [7, 11) is 0. The normalized spacial score (nSPS) is 10.6. The molecule has 0 aliphatic rings. The molecule has 0 aliphatic carbocycles. The highest BCUT2D eigenvalue weighted by Crippen LogP contribution is 2.09. The number of hydrogen-bond donors (Lipinski definition) is 1. The van der Waals surface area contributed by atoms with Crippen LogP contribution in [-0.2, 0) is 6.54 Å². The maximum absolute atomic E-state index is 11.8. The minimum absolute atomic E-state index is 0.144. The molecule has 0 spiro atoms. The van der Waals surface area contributed by atoms with Crippen molar-refractivity contribution >= 4 is 27.5 Å². The van der Waals surface area contributed by atoms with Crippen molar-refractivity contribution < 1.29 is 0 Å². The van der Waals surface area contributed by atoms with Crippen molar-refractivity contribution in [3.63, 3.8) is 0 Å². The Kier molecular flexibility index (Phi) is 3.58. The lowest BCUT2D eigenvalue weighted by Crippen LogP contribution is -2.42. The van der Waals surface area contributed by atoms with E-state index >= 15 is 0 Å². The van der Waals surface area contributed by atoms with Crippen LogP contribution in [0.25, 0.3) is 0 Å². The highest BCUT2D eigenvalue weighted by Gasteiger charge is 2.08. The Hall–Kier alpha value is -1.53. The summed E-state index contributed by atoms with van der Waals surface area (Å²) in [6.45, 7) is 0.144. The van der Waals surface area contributed by atoms with Crippen LogP contribution in [0.5, 0.6) is 0 Å². The number of nitrogens with zero attached hydrogens (tertiary/aromatic N) is 2. The largest absolute Gasteiger partial charge is 0.349 e. The monoisotopic (exact) mass is 329 g/mol. The third-order valence-electron chi connectivity index (χ3n) is 2.41. The van der Waals surface area contributed by atoms with Crippen molar-refractivity contribution in [3.8, 4) is 0 Å². The second-order valence-corrected chi connectivity index (χ2v) is 4.98. The van der Waals surface area contributed by atoms with Crippen LogP contribution in [0.15, 0.2) is 44.5 Å². The van der Waals surface area contributed by atoms with Crippen molar-refractivity contribution in [2.45, 2.75) is 6.54 Å². The van der Waals surface area contributed by atoms with Gasteiger partial charge in [-0.05, 0) is 33.6 Å². The van der Waals surface area contributed by atoms with Crippen molar-refractivity contribution in [2.24, 2.45) is 0 Å². The van der Waals surface area contributed by atoms with E-state index in [0.717, 1.165) is 14.8 Å². The van der Waals surface area contributed by atoms with E-state index in [1.807, 2.05) is 0 Å². The molecule has 0 saturated carbocycles. The first-order valence-corrected chi connectivity index (χ1v) is 6.17. The maximum Gasteiger partial charge on any atom is 0.349 e. The summed E-state index contributed by atoms with van der Waals surface area (Å²) in [6.07, 6.45) is 1.24. The van der Waals surface area contributed by atoms with Gasteiger partial charge in [-0.25, -0.2) is 9.47 Å². The molecule has 0 amide bonds. The Balaban J connectivity index is 2.50. The fourth-order valence-corrected chi connectivity index (χ4v) is 2.06. The summed E-state index contributed by atoms with van der Waals surface area (Å²) in [5.41, 5.74) is -0.202. The molecule has 5 nitrogen and oxygen atoms in total. The van der Waals surface area contributed by atoms with E-state index in [1.165, 1.54) is 6.20 Å². The van der Waals surface area contributed by atoms with E-state index in [4.69, 9.17) is 17.4 Å². The molecule has 0 atom stereocenters. The van der Waals surface area contributed by atoms with E-state index in [0.29, 0.717) is 5.02 Å². The molecule has 0 bridgehead atoms. The number of nitrogen functional groups attached to an aromatic ring is 1. The van der Waals surface area contributed by atoms with Gasteiger partial charge in [0.05, 0.1) is 12.7 Å². The number of rotatable bonds is 2. The number of benzene rings is 1. The van der Waals surface area contributed by atoms with Gasteiger partial charge in [-0.3, -0.25) is 9.36 Å². The van der Waals surface area contributed by atoms with E-state index < -0.39 is 11.2 Å². The highest BCUT2D eigenvalue weighted by molar-refractivity contribution is 9.10. The van der Waals surface area contributed by atoms with Gasteiger partial charge in [0.2, 0.25) is 0 Å². The van der Waals surface area contributed by atoms with Crippen LogP contribution in [0.1, 0.15) is 5.56 Å². The van der Waals surface area contributed by atoms with Gasteiger partial charge in [0.1, 0.15) is 4.47 Å². The van der Waals surface area contributed by atoms with Crippen molar-refractivity contribution in [1.29, 1.82) is 0 Å². The average Bonchev–Trinajstić information content (AvgIpc) is 2.34. The number of hydrogen-bond acceptors (Lipinski definition) is 3. The molecule has 1 aromatic heterocycles. The molecule has 0 aliphatic heterocycles. The molecule has 7 heteroatoms. The first-order chi connectivity index (χ1) is 8.49. The van der Waals surface area contributed by atoms with Crippen molar-refractivity contribution in [3.05, 3.63) is 66.4 Å². The lowest BCUT2D eigenvalue weighted by atomic mass is 10.2. The molecular formula is C11H9BrClN3O2. The van der Waals surface area contributed by atoms with Gasteiger partial charge in [0, 0.05) is 5.02 Å². The Labute approximate surface area is 116 Å². The van der Waals surface area contributed by atoms with Gasteiger partial charge in [0.15, 0.2) is 0 Å². The lowest BCUT2D eigenvalue weighted by Gasteiger charge is -2.07. The van der Waals surface area contributed by atoms with Crippen LogP contribution >= 0.6 is 27.5 Å². The smallest absolute Gasteiger partial charge is 0.335 e. The van der Waals surface area contributed by atoms with E-state index in [2.05, 4.69) is 15.9 Å². The minimum atomic E-state index is -0.571. The number of nitrogens with two attached hydrogens (primary N) is 1. The quantitative estimate of drug-likeness (QED) is 0.841. The maximum atomic E-state index is 11.8. The van der Waals surface area contributed by atoms with E-state index in [1.54, 1.807) is 24.3 Å². The summed E-state index contributed by atoms with van der Waals surface area (Å²) >= 11 is 8.83. The first-order valence-electron chi connectivity index (χ1n) is 5.00. The first kappa shape index (κ1) is 12.9. The summed E-state index contributed by atoms with van der Waals surface area (Å²) in [5, 5.41) is 0.594. The molecule has 94 valence electrons. The Bertz CT molecular complexity index is 657. The molecule has 2 rings (SSSR count). The molecule has 1 aromatic carbocycles. The molecule has 0 fully saturated rings. The molecular weight excluding hydrogens is 321 g/mol. The van der Waals surface area contributed by atoms with Gasteiger partial charge in [-0.15, -0.1) is 0 Å². The Morgan fingerprint density at radius 2 is 1.83 bits per heavy atom. The van der Waals surface area contributed by atoms with Gasteiger partial charge in [-0.1, -0.05) is 23.7 Å². The molecule has 2 N–H and O–H groups in total. The Morgan fingerprint density at radius 3 is 2.44 bits per heavy atom. The highest BCUT2D eigenvalue weighted by atomic mass is 79.9. The molecule has 2 aromatic rings. The van der Waals surface area contributed by atoms with Crippen LogP contribution in [0.2, 0.25) is 5.02 Å². The van der Waals surface area contributed by atoms with Crippen molar-refractivity contribution in [1.82, 2.24) is 9.24 Å². The van der Waals surface area contributed by atoms with Gasteiger partial charge >= 0.3 is 5.69 Å². The topological polar surface area (TPSA) is 70.0 Å². The van der Waals surface area contributed by atoms with Crippen molar-refractivity contribution in [2.75, 3.05) is 5.84 Å². The minimum Gasteiger partial charge on any atom is -0.335 e. The van der Waals surface area contributed by atoms with Crippen LogP contribution in [-0.4, -0.2) is 9.24 Å². The lowest BCUT2D eigenvalue weighted by molar-refractivity contribution is 0.651. The summed E-state index contributed by atoms with van der Waals surface area (Å²) in [6, 6.07) is 6.88. The zero-order valence-corrected chi connectivity index (χ0v) is 11.5. The predicted octanol–water partition coefficient (Wildman–Crippen LogP) is 1.19. The Morgan fingerprint density at radius 1 is 1.22 bits per heavy atom. The molecule has 0 radical (unpaired) electrons. The third kappa shape index (κ3) is 2.49. The van der Waals surface area contributed by atoms with Crippen LogP contribution < -0.4 is 17.1 Å².